The van der Waals surface area contributed by atoms with E-state index in [0.29, 0.717) is 17.1 Å². The number of halogens is 1. The maximum Gasteiger partial charge on any atom is 0.305 e. The molecule has 0 heterocycles. The molecule has 0 aliphatic heterocycles. The number of benzene rings is 1. The van der Waals surface area contributed by atoms with Crippen LogP contribution in [-0.2, 0) is 4.79 Å². The first-order valence-electron chi connectivity index (χ1n) is 6.59. The molecule has 0 bridgehead atoms. The second-order valence-electron chi connectivity index (χ2n) is 5.20. The Labute approximate surface area is 124 Å². The molecule has 0 aliphatic carbocycles. The van der Waals surface area contributed by atoms with Crippen molar-refractivity contribution in [3.05, 3.63) is 34.3 Å². The van der Waals surface area contributed by atoms with Gasteiger partial charge in [0.1, 0.15) is 0 Å². The Morgan fingerprint density at radius 3 is 2.55 bits per heavy atom. The molecule has 0 unspecified atom stereocenters. The first kappa shape index (κ1) is 16.5. The summed E-state index contributed by atoms with van der Waals surface area (Å²) in [5, 5.41) is 9.33. The average molecular weight is 298 g/mol. The quantitative estimate of drug-likeness (QED) is 0.877. The molecule has 1 aromatic rings. The summed E-state index contributed by atoms with van der Waals surface area (Å²) in [6.07, 6.45) is -0.0575. The molecule has 0 radical (unpaired) electrons. The summed E-state index contributed by atoms with van der Waals surface area (Å²) in [4.78, 5) is 24.8. The second kappa shape index (κ2) is 7.29. The van der Waals surface area contributed by atoms with Gasteiger partial charge in [-0.15, -0.1) is 0 Å². The Balaban J connectivity index is 2.96. The molecule has 1 aromatic carbocycles. The highest BCUT2D eigenvalue weighted by Gasteiger charge is 2.20. The number of carboxylic acid groups (broad SMARTS) is 1. The maximum absolute atomic E-state index is 12.5. The molecule has 20 heavy (non-hydrogen) atoms. The van der Waals surface area contributed by atoms with Gasteiger partial charge in [0.25, 0.3) is 5.91 Å². The SMILES string of the molecule is Cc1c(Cl)cccc1C(=O)N(CCC(=O)O)CC(C)C. The predicted molar refractivity (Wildman–Crippen MR) is 79.2 cm³/mol. The van der Waals surface area contributed by atoms with Gasteiger partial charge in [-0.3, -0.25) is 9.59 Å². The lowest BCUT2D eigenvalue weighted by Crippen LogP contribution is -2.36. The van der Waals surface area contributed by atoms with Crippen molar-refractivity contribution in [2.24, 2.45) is 5.92 Å². The molecule has 0 aromatic heterocycles. The second-order valence-corrected chi connectivity index (χ2v) is 5.61. The minimum Gasteiger partial charge on any atom is -0.481 e. The van der Waals surface area contributed by atoms with E-state index in [1.807, 2.05) is 13.8 Å². The van der Waals surface area contributed by atoms with Gasteiger partial charge in [0, 0.05) is 23.7 Å². The maximum atomic E-state index is 12.5. The number of hydrogen-bond acceptors (Lipinski definition) is 2. The first-order chi connectivity index (χ1) is 9.32. The average Bonchev–Trinajstić information content (AvgIpc) is 2.36. The van der Waals surface area contributed by atoms with Crippen LogP contribution in [-0.4, -0.2) is 35.0 Å². The fourth-order valence-corrected chi connectivity index (χ4v) is 2.13. The summed E-state index contributed by atoms with van der Waals surface area (Å²) in [5.74, 6) is -0.804. The van der Waals surface area contributed by atoms with Crippen molar-refractivity contribution in [2.75, 3.05) is 13.1 Å². The van der Waals surface area contributed by atoms with Crippen LogP contribution in [0.4, 0.5) is 0 Å². The summed E-state index contributed by atoms with van der Waals surface area (Å²) in [7, 11) is 0. The van der Waals surface area contributed by atoms with Crippen LogP contribution in [0.15, 0.2) is 18.2 Å². The minimum absolute atomic E-state index is 0.0575. The standard InChI is InChI=1S/C15H20ClNO3/c1-10(2)9-17(8-7-14(18)19)15(20)12-5-4-6-13(16)11(12)3/h4-6,10H,7-9H2,1-3H3,(H,18,19). The Morgan fingerprint density at radius 2 is 2.00 bits per heavy atom. The molecule has 1 amide bonds. The van der Waals surface area contributed by atoms with Crippen molar-refractivity contribution >= 4 is 23.5 Å². The molecule has 1 rings (SSSR count). The molecular formula is C15H20ClNO3. The molecule has 0 saturated carbocycles. The van der Waals surface area contributed by atoms with Gasteiger partial charge in [-0.25, -0.2) is 0 Å². The van der Waals surface area contributed by atoms with Crippen LogP contribution >= 0.6 is 11.6 Å². The van der Waals surface area contributed by atoms with Crippen LogP contribution < -0.4 is 0 Å². The fraction of sp³-hybridized carbons (Fsp3) is 0.467. The zero-order valence-electron chi connectivity index (χ0n) is 12.0. The van der Waals surface area contributed by atoms with Gasteiger partial charge < -0.3 is 10.0 Å². The van der Waals surface area contributed by atoms with Crippen LogP contribution in [0.2, 0.25) is 5.02 Å². The summed E-state index contributed by atoms with van der Waals surface area (Å²) in [6.45, 7) is 6.51. The van der Waals surface area contributed by atoms with Crippen LogP contribution in [0.5, 0.6) is 0 Å². The molecule has 110 valence electrons. The van der Waals surface area contributed by atoms with Gasteiger partial charge in [0.15, 0.2) is 0 Å². The molecule has 0 aliphatic rings. The monoisotopic (exact) mass is 297 g/mol. The molecule has 0 atom stereocenters. The Morgan fingerprint density at radius 1 is 1.35 bits per heavy atom. The zero-order valence-corrected chi connectivity index (χ0v) is 12.8. The number of carboxylic acids is 1. The van der Waals surface area contributed by atoms with E-state index in [2.05, 4.69) is 0 Å². The highest BCUT2D eigenvalue weighted by atomic mass is 35.5. The topological polar surface area (TPSA) is 57.6 Å². The Kier molecular flexibility index (Phi) is 6.02. The summed E-state index contributed by atoms with van der Waals surface area (Å²) in [5.41, 5.74) is 1.26. The number of carbonyl (C=O) groups excluding carboxylic acids is 1. The number of aliphatic carboxylic acids is 1. The number of carbonyl (C=O) groups is 2. The van der Waals surface area contributed by atoms with E-state index < -0.39 is 5.97 Å². The van der Waals surface area contributed by atoms with E-state index in [1.165, 1.54) is 0 Å². The third kappa shape index (κ3) is 4.53. The zero-order chi connectivity index (χ0) is 15.3. The van der Waals surface area contributed by atoms with Crippen LogP contribution in [0.1, 0.15) is 36.2 Å². The Bertz CT molecular complexity index is 500. The van der Waals surface area contributed by atoms with Crippen molar-refractivity contribution in [3.8, 4) is 0 Å². The van der Waals surface area contributed by atoms with Gasteiger partial charge in [-0.1, -0.05) is 31.5 Å². The molecular weight excluding hydrogens is 278 g/mol. The highest BCUT2D eigenvalue weighted by molar-refractivity contribution is 6.31. The van der Waals surface area contributed by atoms with E-state index in [1.54, 1.807) is 30.0 Å². The smallest absolute Gasteiger partial charge is 0.305 e. The molecule has 5 heteroatoms. The van der Waals surface area contributed by atoms with E-state index in [-0.39, 0.29) is 24.8 Å². The van der Waals surface area contributed by atoms with Crippen molar-refractivity contribution in [2.45, 2.75) is 27.2 Å². The van der Waals surface area contributed by atoms with Gasteiger partial charge in [0.05, 0.1) is 6.42 Å². The van der Waals surface area contributed by atoms with Crippen LogP contribution in [0.3, 0.4) is 0 Å². The van der Waals surface area contributed by atoms with E-state index in [0.717, 1.165) is 5.56 Å². The van der Waals surface area contributed by atoms with Gasteiger partial charge in [0.2, 0.25) is 0 Å². The van der Waals surface area contributed by atoms with Crippen molar-refractivity contribution in [1.82, 2.24) is 4.90 Å². The molecule has 0 spiro atoms. The van der Waals surface area contributed by atoms with Crippen molar-refractivity contribution in [3.63, 3.8) is 0 Å². The largest absolute Gasteiger partial charge is 0.481 e. The van der Waals surface area contributed by atoms with E-state index in [9.17, 15) is 9.59 Å². The summed E-state index contributed by atoms with van der Waals surface area (Å²) in [6, 6.07) is 5.18. The lowest BCUT2D eigenvalue weighted by atomic mass is 10.1. The minimum atomic E-state index is -0.908. The van der Waals surface area contributed by atoms with E-state index >= 15 is 0 Å². The number of rotatable bonds is 6. The van der Waals surface area contributed by atoms with Crippen LogP contribution in [0.25, 0.3) is 0 Å². The molecule has 0 saturated heterocycles. The Hall–Kier alpha value is -1.55. The third-order valence-electron chi connectivity index (χ3n) is 2.97. The van der Waals surface area contributed by atoms with Gasteiger partial charge >= 0.3 is 5.97 Å². The van der Waals surface area contributed by atoms with Crippen molar-refractivity contribution in [1.29, 1.82) is 0 Å². The van der Waals surface area contributed by atoms with Gasteiger partial charge in [-0.05, 0) is 30.5 Å². The van der Waals surface area contributed by atoms with Crippen LogP contribution in [0, 0.1) is 12.8 Å². The van der Waals surface area contributed by atoms with Crippen molar-refractivity contribution < 1.29 is 14.7 Å². The van der Waals surface area contributed by atoms with Gasteiger partial charge in [-0.2, -0.15) is 0 Å². The lowest BCUT2D eigenvalue weighted by molar-refractivity contribution is -0.137. The molecule has 4 nitrogen and oxygen atoms in total. The highest BCUT2D eigenvalue weighted by Crippen LogP contribution is 2.20. The molecule has 1 N–H and O–H groups in total. The first-order valence-corrected chi connectivity index (χ1v) is 6.97. The number of amides is 1. The fourth-order valence-electron chi connectivity index (χ4n) is 1.96. The molecule has 0 fully saturated rings. The summed E-state index contributed by atoms with van der Waals surface area (Å²) < 4.78 is 0. The lowest BCUT2D eigenvalue weighted by Gasteiger charge is -2.25. The normalized spacial score (nSPS) is 10.7. The third-order valence-corrected chi connectivity index (χ3v) is 3.38. The number of hydrogen-bond donors (Lipinski definition) is 1. The number of nitrogens with zero attached hydrogens (tertiary/aromatic N) is 1. The van der Waals surface area contributed by atoms with E-state index in [4.69, 9.17) is 16.7 Å². The summed E-state index contributed by atoms with van der Waals surface area (Å²) >= 11 is 6.03. The predicted octanol–water partition coefficient (Wildman–Crippen LogP) is 3.22.